The van der Waals surface area contributed by atoms with Crippen molar-refractivity contribution in [3.05, 3.63) is 52.2 Å². The number of amides is 1. The number of benzene rings is 1. The lowest BCUT2D eigenvalue weighted by atomic mass is 10.1. The van der Waals surface area contributed by atoms with Crippen molar-refractivity contribution in [2.45, 2.75) is 17.9 Å². The van der Waals surface area contributed by atoms with Gasteiger partial charge in [0.2, 0.25) is 10.0 Å². The standard InChI is InChI=1S/C17H21N3O3S2/c18-10-13-6-7-20(12-13)17(21)14-3-1-5-16(9-14)25(22,23)19-11-15-4-2-8-24-15/h1-5,8-9,13,19H,6-7,10-12,18H2. The lowest BCUT2D eigenvalue weighted by molar-refractivity contribution is 0.0787. The van der Waals surface area contributed by atoms with Gasteiger partial charge in [-0.1, -0.05) is 12.1 Å². The van der Waals surface area contributed by atoms with E-state index in [9.17, 15) is 13.2 Å². The Morgan fingerprint density at radius 2 is 2.16 bits per heavy atom. The highest BCUT2D eigenvalue weighted by molar-refractivity contribution is 7.89. The second-order valence-electron chi connectivity index (χ2n) is 6.07. The molecule has 0 spiro atoms. The molecule has 2 aromatic rings. The summed E-state index contributed by atoms with van der Waals surface area (Å²) in [5, 5.41) is 1.90. The lowest BCUT2D eigenvalue weighted by Crippen LogP contribution is -2.30. The Labute approximate surface area is 151 Å². The highest BCUT2D eigenvalue weighted by Crippen LogP contribution is 2.20. The molecule has 2 heterocycles. The van der Waals surface area contributed by atoms with Crippen molar-refractivity contribution in [2.24, 2.45) is 11.7 Å². The van der Waals surface area contributed by atoms with E-state index in [2.05, 4.69) is 4.72 Å². The Hall–Kier alpha value is -1.74. The predicted octanol–water partition coefficient (Wildman–Crippen LogP) is 1.65. The smallest absolute Gasteiger partial charge is 0.253 e. The summed E-state index contributed by atoms with van der Waals surface area (Å²) in [5.74, 6) is 0.176. The third-order valence-electron chi connectivity index (χ3n) is 4.31. The summed E-state index contributed by atoms with van der Waals surface area (Å²) in [6, 6.07) is 9.93. The van der Waals surface area contributed by atoms with Gasteiger partial charge in [0.25, 0.3) is 5.91 Å². The Kier molecular flexibility index (Phi) is 5.53. The molecule has 1 aliphatic heterocycles. The number of rotatable bonds is 6. The van der Waals surface area contributed by atoms with Gasteiger partial charge in [-0.15, -0.1) is 11.3 Å². The molecule has 1 atom stereocenters. The number of nitrogens with one attached hydrogen (secondary N) is 1. The van der Waals surface area contributed by atoms with Crippen LogP contribution in [0, 0.1) is 5.92 Å². The zero-order valence-electron chi connectivity index (χ0n) is 13.7. The molecule has 6 nitrogen and oxygen atoms in total. The van der Waals surface area contributed by atoms with E-state index in [-0.39, 0.29) is 17.3 Å². The van der Waals surface area contributed by atoms with E-state index in [4.69, 9.17) is 5.73 Å². The van der Waals surface area contributed by atoms with Crippen molar-refractivity contribution in [1.29, 1.82) is 0 Å². The topological polar surface area (TPSA) is 92.5 Å². The fraction of sp³-hybridized carbons (Fsp3) is 0.353. The summed E-state index contributed by atoms with van der Waals surface area (Å²) >= 11 is 1.49. The van der Waals surface area contributed by atoms with Crippen LogP contribution in [0.1, 0.15) is 21.7 Å². The molecule has 3 rings (SSSR count). The Morgan fingerprint density at radius 1 is 1.32 bits per heavy atom. The SMILES string of the molecule is NCC1CCN(C(=O)c2cccc(S(=O)(=O)NCc3cccs3)c2)C1. The first-order chi connectivity index (χ1) is 12.0. The molecule has 0 bridgehead atoms. The maximum absolute atomic E-state index is 12.6. The van der Waals surface area contributed by atoms with Crippen LogP contribution >= 0.6 is 11.3 Å². The summed E-state index contributed by atoms with van der Waals surface area (Å²) < 4.78 is 27.5. The van der Waals surface area contributed by atoms with Crippen molar-refractivity contribution in [2.75, 3.05) is 19.6 Å². The molecule has 134 valence electrons. The molecule has 1 aromatic heterocycles. The lowest BCUT2D eigenvalue weighted by Gasteiger charge is -2.17. The first kappa shape index (κ1) is 18.1. The van der Waals surface area contributed by atoms with Crippen LogP contribution in [0.3, 0.4) is 0 Å². The van der Waals surface area contributed by atoms with Crippen LogP contribution in [0.15, 0.2) is 46.7 Å². The molecule has 0 saturated carbocycles. The highest BCUT2D eigenvalue weighted by atomic mass is 32.2. The summed E-state index contributed by atoms with van der Waals surface area (Å²) in [7, 11) is -3.67. The van der Waals surface area contributed by atoms with Crippen LogP contribution in [0.5, 0.6) is 0 Å². The van der Waals surface area contributed by atoms with E-state index in [0.29, 0.717) is 31.1 Å². The average Bonchev–Trinajstić information content (AvgIpc) is 3.31. The van der Waals surface area contributed by atoms with Gasteiger partial charge in [-0.25, -0.2) is 13.1 Å². The third kappa shape index (κ3) is 4.27. The minimum atomic E-state index is -3.67. The van der Waals surface area contributed by atoms with Gasteiger partial charge in [-0.05, 0) is 48.5 Å². The van der Waals surface area contributed by atoms with Crippen molar-refractivity contribution < 1.29 is 13.2 Å². The number of nitrogens with zero attached hydrogens (tertiary/aromatic N) is 1. The van der Waals surface area contributed by atoms with Crippen LogP contribution in [0.2, 0.25) is 0 Å². The quantitative estimate of drug-likeness (QED) is 0.798. The number of carbonyl (C=O) groups is 1. The Balaban J connectivity index is 1.73. The number of hydrogen-bond donors (Lipinski definition) is 2. The van der Waals surface area contributed by atoms with Gasteiger partial charge in [-0.3, -0.25) is 4.79 Å². The fourth-order valence-corrected chi connectivity index (χ4v) is 4.64. The largest absolute Gasteiger partial charge is 0.338 e. The monoisotopic (exact) mass is 379 g/mol. The normalized spacial score (nSPS) is 17.8. The molecule has 0 radical (unpaired) electrons. The summed E-state index contributed by atoms with van der Waals surface area (Å²) in [5.41, 5.74) is 6.05. The van der Waals surface area contributed by atoms with Crippen LogP contribution in [0.4, 0.5) is 0 Å². The van der Waals surface area contributed by atoms with Crippen LogP contribution in [-0.4, -0.2) is 38.9 Å². The number of sulfonamides is 1. The van der Waals surface area contributed by atoms with Crippen LogP contribution in [0.25, 0.3) is 0 Å². The van der Waals surface area contributed by atoms with E-state index >= 15 is 0 Å². The Morgan fingerprint density at radius 3 is 2.84 bits per heavy atom. The van der Waals surface area contributed by atoms with Crippen molar-refractivity contribution in [3.63, 3.8) is 0 Å². The minimum Gasteiger partial charge on any atom is -0.338 e. The maximum atomic E-state index is 12.6. The van der Waals surface area contributed by atoms with Crippen molar-refractivity contribution in [3.8, 4) is 0 Å². The summed E-state index contributed by atoms with van der Waals surface area (Å²) in [4.78, 5) is 15.4. The molecule has 1 aliphatic rings. The number of carbonyl (C=O) groups excluding carboxylic acids is 1. The van der Waals surface area contributed by atoms with Gasteiger partial charge in [0.1, 0.15) is 0 Å². The van der Waals surface area contributed by atoms with E-state index in [1.165, 1.54) is 23.5 Å². The number of thiophene rings is 1. The molecule has 1 amide bonds. The van der Waals surface area contributed by atoms with E-state index in [1.807, 2.05) is 17.5 Å². The number of likely N-dealkylation sites (tertiary alicyclic amines) is 1. The Bertz CT molecular complexity index is 835. The van der Waals surface area contributed by atoms with E-state index in [1.54, 1.807) is 17.0 Å². The molecule has 25 heavy (non-hydrogen) atoms. The third-order valence-corrected chi connectivity index (χ3v) is 6.59. The van der Waals surface area contributed by atoms with Gasteiger partial charge < -0.3 is 10.6 Å². The molecule has 1 fully saturated rings. The molecule has 3 N–H and O–H groups in total. The molecule has 1 aromatic carbocycles. The van der Waals surface area contributed by atoms with Gasteiger partial charge in [-0.2, -0.15) is 0 Å². The first-order valence-electron chi connectivity index (χ1n) is 8.11. The minimum absolute atomic E-state index is 0.101. The van der Waals surface area contributed by atoms with Crippen molar-refractivity contribution in [1.82, 2.24) is 9.62 Å². The predicted molar refractivity (Wildman–Crippen MR) is 97.9 cm³/mol. The summed E-state index contributed by atoms with van der Waals surface area (Å²) in [6.07, 6.45) is 0.891. The molecule has 1 saturated heterocycles. The number of hydrogen-bond acceptors (Lipinski definition) is 5. The van der Waals surface area contributed by atoms with Gasteiger partial charge in [0.15, 0.2) is 0 Å². The summed E-state index contributed by atoms with van der Waals surface area (Å²) in [6.45, 7) is 2.09. The van der Waals surface area contributed by atoms with Crippen LogP contribution < -0.4 is 10.5 Å². The zero-order valence-corrected chi connectivity index (χ0v) is 15.4. The maximum Gasteiger partial charge on any atom is 0.253 e. The van der Waals surface area contributed by atoms with E-state index < -0.39 is 10.0 Å². The highest BCUT2D eigenvalue weighted by Gasteiger charge is 2.26. The van der Waals surface area contributed by atoms with Gasteiger partial charge >= 0.3 is 0 Å². The number of nitrogens with two attached hydrogens (primary N) is 1. The zero-order chi connectivity index (χ0) is 17.9. The van der Waals surface area contributed by atoms with Gasteiger partial charge in [0.05, 0.1) is 4.90 Å². The molecule has 0 aliphatic carbocycles. The second-order valence-corrected chi connectivity index (χ2v) is 8.87. The second kappa shape index (κ2) is 7.65. The fourth-order valence-electron chi connectivity index (χ4n) is 2.85. The van der Waals surface area contributed by atoms with Crippen LogP contribution in [-0.2, 0) is 16.6 Å². The van der Waals surface area contributed by atoms with E-state index in [0.717, 1.165) is 11.3 Å². The molecule has 8 heteroatoms. The first-order valence-corrected chi connectivity index (χ1v) is 10.5. The molecular weight excluding hydrogens is 358 g/mol. The molecule has 1 unspecified atom stereocenters. The van der Waals surface area contributed by atoms with Gasteiger partial charge in [0, 0.05) is 30.1 Å². The van der Waals surface area contributed by atoms with Crippen molar-refractivity contribution >= 4 is 27.3 Å². The molecular formula is C17H21N3O3S2. The average molecular weight is 380 g/mol.